The Hall–Kier alpha value is -2.70. The number of nitrogens with two attached hydrogens (primary N) is 1. The van der Waals surface area contributed by atoms with E-state index in [1.807, 2.05) is 0 Å². The number of ether oxygens (including phenoxy) is 1. The number of aliphatic hydroxyl groups excluding tert-OH is 2. The van der Waals surface area contributed by atoms with Gasteiger partial charge in [0.25, 0.3) is 0 Å². The molecule has 1 aliphatic rings. The molecular formula is C34H58N7O17P3S. The molecule has 0 radical (unpaired) electrons. The van der Waals surface area contributed by atoms with Crippen LogP contribution in [0, 0.1) is 5.41 Å². The number of unbranched alkanes of at least 4 members (excludes halogenated alkanes) is 6. The van der Waals surface area contributed by atoms with Gasteiger partial charge in [-0.05, 0) is 25.7 Å². The van der Waals surface area contributed by atoms with E-state index in [9.17, 15) is 57.9 Å². The maximum atomic E-state index is 12.7. The minimum Gasteiger partial charge on any atom is -0.386 e. The number of fused-ring (bicyclic) bond motifs is 1. The summed E-state index contributed by atoms with van der Waals surface area (Å²) >= 11 is 1.13. The van der Waals surface area contributed by atoms with Gasteiger partial charge >= 0.3 is 23.5 Å². The molecule has 1 fully saturated rings. The molecular weight excluding hydrogens is 903 g/mol. The second-order valence-corrected chi connectivity index (χ2v) is 20.2. The van der Waals surface area contributed by atoms with Gasteiger partial charge in [0, 0.05) is 37.1 Å². The van der Waals surface area contributed by atoms with Crippen LogP contribution in [0.4, 0.5) is 5.82 Å². The monoisotopic (exact) mass is 961 g/mol. The van der Waals surface area contributed by atoms with Crippen LogP contribution in [0.2, 0.25) is 0 Å². The molecule has 7 atom stereocenters. The normalized spacial score (nSPS) is 20.9. The van der Waals surface area contributed by atoms with Crippen molar-refractivity contribution in [3.63, 3.8) is 0 Å². The van der Waals surface area contributed by atoms with E-state index in [2.05, 4.69) is 53.5 Å². The highest BCUT2D eigenvalue weighted by molar-refractivity contribution is 8.13. The molecule has 1 aliphatic heterocycles. The van der Waals surface area contributed by atoms with Gasteiger partial charge in [-0.15, -0.1) is 0 Å². The summed E-state index contributed by atoms with van der Waals surface area (Å²) in [7, 11) is -16.4. The van der Waals surface area contributed by atoms with Crippen molar-refractivity contribution in [1.29, 1.82) is 0 Å². The first-order valence-electron chi connectivity index (χ1n) is 19.8. The maximum absolute atomic E-state index is 12.7. The number of aromatic nitrogens is 4. The van der Waals surface area contributed by atoms with E-state index < -0.39 is 84.6 Å². The Morgan fingerprint density at radius 3 is 2.34 bits per heavy atom. The summed E-state index contributed by atoms with van der Waals surface area (Å²) in [5.74, 6) is -1.05. The minimum absolute atomic E-state index is 0.0316. The van der Waals surface area contributed by atoms with Gasteiger partial charge in [-0.2, -0.15) is 4.31 Å². The van der Waals surface area contributed by atoms with Crippen LogP contribution in [0.3, 0.4) is 0 Å². The predicted octanol–water partition coefficient (Wildman–Crippen LogP) is 2.75. The lowest BCUT2D eigenvalue weighted by atomic mass is 9.87. The number of imidazole rings is 1. The number of carbonyl (C=O) groups excluding carboxylic acids is 3. The quantitative estimate of drug-likeness (QED) is 0.0321. The lowest BCUT2D eigenvalue weighted by Gasteiger charge is -2.30. The number of hydrogen-bond acceptors (Lipinski definition) is 18. The van der Waals surface area contributed by atoms with Crippen molar-refractivity contribution in [2.24, 2.45) is 5.41 Å². The van der Waals surface area contributed by atoms with E-state index in [-0.39, 0.29) is 41.6 Å². The Bertz CT molecular complexity index is 1950. The minimum atomic E-state index is -5.57. The fraction of sp³-hybridized carbons (Fsp3) is 0.706. The van der Waals surface area contributed by atoms with Crippen molar-refractivity contribution in [2.75, 3.05) is 37.8 Å². The number of carbonyl (C=O) groups is 3. The molecule has 0 aromatic carbocycles. The number of rotatable bonds is 29. The molecule has 3 heterocycles. The number of amides is 2. The van der Waals surface area contributed by atoms with Crippen LogP contribution in [0.15, 0.2) is 24.8 Å². The molecule has 7 unspecified atom stereocenters. The zero-order valence-electron chi connectivity index (χ0n) is 34.6. The number of thioether (sulfide) groups is 1. The Morgan fingerprint density at radius 1 is 0.968 bits per heavy atom. The van der Waals surface area contributed by atoms with Crippen molar-refractivity contribution in [1.82, 2.24) is 30.2 Å². The Labute approximate surface area is 362 Å². The Kier molecular flexibility index (Phi) is 21.7. The summed E-state index contributed by atoms with van der Waals surface area (Å²) in [5.41, 5.74) is 4.28. The first-order valence-corrected chi connectivity index (χ1v) is 25.3. The van der Waals surface area contributed by atoms with Crippen molar-refractivity contribution >= 4 is 69.1 Å². The second kappa shape index (κ2) is 25.1. The first kappa shape index (κ1) is 53.6. The highest BCUT2D eigenvalue weighted by Gasteiger charge is 2.50. The number of anilines is 1. The lowest BCUT2D eigenvalue weighted by Crippen LogP contribution is -2.46. The first-order chi connectivity index (χ1) is 29.1. The van der Waals surface area contributed by atoms with Gasteiger partial charge in [0.15, 0.2) is 22.8 Å². The van der Waals surface area contributed by atoms with Gasteiger partial charge in [0.1, 0.15) is 36.3 Å². The second-order valence-electron chi connectivity index (χ2n) is 14.9. The van der Waals surface area contributed by atoms with Gasteiger partial charge in [-0.3, -0.25) is 32.5 Å². The van der Waals surface area contributed by atoms with Gasteiger partial charge in [-0.1, -0.05) is 70.4 Å². The Morgan fingerprint density at radius 2 is 1.65 bits per heavy atom. The van der Waals surface area contributed by atoms with Gasteiger partial charge in [-0.25, -0.2) is 28.6 Å². The van der Waals surface area contributed by atoms with E-state index in [1.54, 1.807) is 0 Å². The topological polar surface area (TPSA) is 364 Å². The largest absolute Gasteiger partial charge is 0.481 e. The molecule has 2 aromatic heterocycles. The summed E-state index contributed by atoms with van der Waals surface area (Å²) in [4.78, 5) is 88.0. The Balaban J connectivity index is 1.38. The third-order valence-corrected chi connectivity index (χ3v) is 13.2. The molecule has 1 saturated heterocycles. The van der Waals surface area contributed by atoms with Crippen molar-refractivity contribution < 1.29 is 80.5 Å². The number of allylic oxidation sites excluding steroid dienone is 2. The third kappa shape index (κ3) is 18.4. The molecule has 28 heteroatoms. The SMILES string of the molecule is CCCCCCC/C=C/CCCC(=O)SCCNC(=O)CCNC(=O)C(O)C(C)(C)COP(=O)(O)OP(=O)(O)OCC1OC(n2cnc3c(N)ncnc32)C(O)C1OP(=O)(O)O. The maximum Gasteiger partial charge on any atom is 0.481 e. The lowest BCUT2D eigenvalue weighted by molar-refractivity contribution is -0.137. The van der Waals surface area contributed by atoms with Gasteiger partial charge in [0.2, 0.25) is 11.8 Å². The number of phosphoric acid groups is 3. The molecule has 10 N–H and O–H groups in total. The summed E-state index contributed by atoms with van der Waals surface area (Å²) < 4.78 is 62.3. The van der Waals surface area contributed by atoms with Crippen molar-refractivity contribution in [3.8, 4) is 0 Å². The fourth-order valence-electron chi connectivity index (χ4n) is 5.83. The van der Waals surface area contributed by atoms with Crippen LogP contribution in [0.5, 0.6) is 0 Å². The third-order valence-electron chi connectivity index (χ3n) is 9.16. The van der Waals surface area contributed by atoms with Gasteiger partial charge in [0.05, 0.1) is 19.5 Å². The average molecular weight is 962 g/mol. The predicted molar refractivity (Wildman–Crippen MR) is 223 cm³/mol. The standard InChI is InChI=1S/C34H58N7O17P3S/c1-4-5-6-7-8-9-10-11-12-13-14-25(43)62-18-17-36-24(42)15-16-37-32(46)29(45)34(2,3)20-55-61(52,53)58-60(50,51)54-19-23-28(57-59(47,48)49)27(44)33(56-23)41-22-40-26-30(35)38-21-39-31(26)41/h10-11,21-23,27-29,33,44-45H,4-9,12-20H2,1-3H3,(H,36,42)(H,37,46)(H,50,51)(H,52,53)(H2,35,38,39)(H2,47,48,49)/b11-10+. The van der Waals surface area contributed by atoms with E-state index in [4.69, 9.17) is 19.5 Å². The average Bonchev–Trinajstić information content (AvgIpc) is 3.75. The molecule has 0 aliphatic carbocycles. The smallest absolute Gasteiger partial charge is 0.386 e. The van der Waals surface area contributed by atoms with E-state index in [1.165, 1.54) is 46.0 Å². The number of nitrogens with one attached hydrogen (secondary N) is 2. The molecule has 2 aromatic rings. The number of phosphoric ester groups is 3. The molecule has 0 bridgehead atoms. The van der Waals surface area contributed by atoms with Gasteiger partial charge < -0.3 is 50.9 Å². The van der Waals surface area contributed by atoms with Crippen LogP contribution in [-0.2, 0) is 50.7 Å². The highest BCUT2D eigenvalue weighted by Crippen LogP contribution is 2.61. The summed E-state index contributed by atoms with van der Waals surface area (Å²) in [6.07, 6.45) is 6.61. The summed E-state index contributed by atoms with van der Waals surface area (Å²) in [6.45, 7) is 2.73. The van der Waals surface area contributed by atoms with Crippen LogP contribution >= 0.6 is 35.2 Å². The molecule has 24 nitrogen and oxygen atoms in total. The van der Waals surface area contributed by atoms with Crippen LogP contribution in [-0.4, -0.2) is 123 Å². The number of aliphatic hydroxyl groups is 2. The zero-order valence-corrected chi connectivity index (χ0v) is 38.1. The number of nitrogens with zero attached hydrogens (tertiary/aromatic N) is 4. The van der Waals surface area contributed by atoms with Crippen LogP contribution in [0.1, 0.15) is 91.2 Å². The van der Waals surface area contributed by atoms with Crippen LogP contribution in [0.25, 0.3) is 11.2 Å². The molecule has 2 amide bonds. The molecule has 352 valence electrons. The van der Waals surface area contributed by atoms with Crippen molar-refractivity contribution in [2.45, 2.75) is 116 Å². The summed E-state index contributed by atoms with van der Waals surface area (Å²) in [5, 5.41) is 26.5. The number of hydrogen-bond donors (Lipinski definition) is 9. The van der Waals surface area contributed by atoms with Crippen molar-refractivity contribution in [3.05, 3.63) is 24.8 Å². The number of nitrogen functional groups attached to an aromatic ring is 1. The molecule has 62 heavy (non-hydrogen) atoms. The van der Waals surface area contributed by atoms with E-state index in [0.717, 1.165) is 48.2 Å². The molecule has 3 rings (SSSR count). The summed E-state index contributed by atoms with van der Waals surface area (Å²) in [6, 6.07) is 0. The fourth-order valence-corrected chi connectivity index (χ4v) is 9.38. The molecule has 0 saturated carbocycles. The van der Waals surface area contributed by atoms with Crippen LogP contribution < -0.4 is 16.4 Å². The van der Waals surface area contributed by atoms with E-state index >= 15 is 0 Å². The highest BCUT2D eigenvalue weighted by atomic mass is 32.2. The van der Waals surface area contributed by atoms with E-state index in [0.29, 0.717) is 12.2 Å². The zero-order chi connectivity index (χ0) is 46.1. The molecule has 0 spiro atoms.